The Labute approximate surface area is 151 Å². The van der Waals surface area contributed by atoms with E-state index in [2.05, 4.69) is 39.6 Å². The summed E-state index contributed by atoms with van der Waals surface area (Å²) >= 11 is 0. The third-order valence-electron chi connectivity index (χ3n) is 4.15. The first-order chi connectivity index (χ1) is 12.4. The molecule has 0 fully saturated rings. The summed E-state index contributed by atoms with van der Waals surface area (Å²) in [4.78, 5) is 18.6. The summed E-state index contributed by atoms with van der Waals surface area (Å²) < 4.78 is 6.40. The maximum Gasteiger partial charge on any atom is 0.318 e. The van der Waals surface area contributed by atoms with Crippen LogP contribution < -0.4 is 5.32 Å². The lowest BCUT2D eigenvalue weighted by Gasteiger charge is -2.24. The van der Waals surface area contributed by atoms with Crippen molar-refractivity contribution in [1.29, 1.82) is 0 Å². The van der Waals surface area contributed by atoms with Crippen LogP contribution in [0.15, 0.2) is 29.2 Å². The van der Waals surface area contributed by atoms with E-state index in [1.165, 1.54) is 6.33 Å². The van der Waals surface area contributed by atoms with Crippen molar-refractivity contribution in [3.63, 3.8) is 0 Å². The third kappa shape index (κ3) is 3.98. The minimum Gasteiger partial charge on any atom is -0.328 e. The van der Waals surface area contributed by atoms with Crippen LogP contribution in [0.25, 0.3) is 11.0 Å². The molecule has 0 aliphatic rings. The van der Waals surface area contributed by atoms with Crippen LogP contribution in [-0.4, -0.2) is 43.1 Å². The van der Waals surface area contributed by atoms with E-state index in [1.807, 2.05) is 25.2 Å². The quantitative estimate of drug-likeness (QED) is 0.726. The monoisotopic (exact) mass is 357 g/mol. The maximum atomic E-state index is 12.7. The molecule has 9 heteroatoms. The number of urea groups is 1. The zero-order chi connectivity index (χ0) is 18.7. The molecule has 26 heavy (non-hydrogen) atoms. The Balaban J connectivity index is 1.68. The number of hydrogen-bond donors (Lipinski definition) is 1. The van der Waals surface area contributed by atoms with Gasteiger partial charge >= 0.3 is 6.03 Å². The topological polar surface area (TPSA) is 102 Å². The van der Waals surface area contributed by atoms with E-state index in [0.29, 0.717) is 23.5 Å². The highest BCUT2D eigenvalue weighted by Crippen LogP contribution is 2.19. The summed E-state index contributed by atoms with van der Waals surface area (Å²) in [6, 6.07) is 5.24. The van der Waals surface area contributed by atoms with Gasteiger partial charge in [0.2, 0.25) is 0 Å². The number of aryl methyl sites for hydroxylation is 1. The molecule has 138 valence electrons. The highest BCUT2D eigenvalue weighted by Gasteiger charge is 2.22. The summed E-state index contributed by atoms with van der Waals surface area (Å²) in [7, 11) is 3.58. The average Bonchev–Trinajstić information content (AvgIpc) is 3.21. The van der Waals surface area contributed by atoms with Crippen molar-refractivity contribution in [2.24, 2.45) is 13.0 Å². The molecule has 0 aliphatic carbocycles. The van der Waals surface area contributed by atoms with Crippen molar-refractivity contribution in [2.45, 2.75) is 32.9 Å². The largest absolute Gasteiger partial charge is 0.328 e. The SMILES string of the molecule is CC(C)CC(NC(=O)N(C)Cc1ccc2nonc2c1)c1ncnn1C. The molecule has 1 N–H and O–H groups in total. The van der Waals surface area contributed by atoms with Gasteiger partial charge in [-0.2, -0.15) is 5.10 Å². The number of carbonyl (C=O) groups excluding carboxylic acids is 1. The van der Waals surface area contributed by atoms with Crippen LogP contribution in [-0.2, 0) is 13.6 Å². The average molecular weight is 357 g/mol. The molecule has 2 amide bonds. The minimum absolute atomic E-state index is 0.169. The van der Waals surface area contributed by atoms with Crippen LogP contribution in [0.1, 0.15) is 37.7 Å². The standard InChI is InChI=1S/C17H23N7O2/c1-11(2)7-15(16-18-10-19-24(16)4)20-17(25)23(3)9-12-5-6-13-14(8-12)22-26-21-13/h5-6,8,10-11,15H,7,9H2,1-4H3,(H,20,25). The number of amides is 2. The first-order valence-corrected chi connectivity index (χ1v) is 8.50. The Bertz CT molecular complexity index is 886. The molecule has 0 bridgehead atoms. The van der Waals surface area contributed by atoms with E-state index in [0.717, 1.165) is 17.8 Å². The van der Waals surface area contributed by atoms with Gasteiger partial charge in [0, 0.05) is 20.6 Å². The molecule has 3 rings (SSSR count). The molecule has 3 aromatic rings. The van der Waals surface area contributed by atoms with Gasteiger partial charge < -0.3 is 10.2 Å². The molecule has 0 radical (unpaired) electrons. The molecule has 0 spiro atoms. The molecule has 2 aromatic heterocycles. The van der Waals surface area contributed by atoms with E-state index >= 15 is 0 Å². The smallest absolute Gasteiger partial charge is 0.318 e. The van der Waals surface area contributed by atoms with Crippen molar-refractivity contribution in [1.82, 2.24) is 35.3 Å². The van der Waals surface area contributed by atoms with E-state index in [-0.39, 0.29) is 12.1 Å². The fourth-order valence-electron chi connectivity index (χ4n) is 2.85. The number of nitrogens with zero attached hydrogens (tertiary/aromatic N) is 6. The van der Waals surface area contributed by atoms with Gasteiger partial charge in [-0.05, 0) is 40.3 Å². The van der Waals surface area contributed by atoms with Gasteiger partial charge in [0.1, 0.15) is 23.2 Å². The Morgan fingerprint density at radius 3 is 2.77 bits per heavy atom. The van der Waals surface area contributed by atoms with Crippen LogP contribution in [0.2, 0.25) is 0 Å². The molecule has 2 heterocycles. The number of hydrogen-bond acceptors (Lipinski definition) is 6. The summed E-state index contributed by atoms with van der Waals surface area (Å²) in [5, 5.41) is 14.8. The Hall–Kier alpha value is -2.97. The number of aromatic nitrogens is 5. The van der Waals surface area contributed by atoms with Crippen molar-refractivity contribution < 1.29 is 9.42 Å². The highest BCUT2D eigenvalue weighted by atomic mass is 16.6. The van der Waals surface area contributed by atoms with Crippen molar-refractivity contribution in [2.75, 3.05) is 7.05 Å². The van der Waals surface area contributed by atoms with Crippen molar-refractivity contribution in [3.05, 3.63) is 35.9 Å². The Kier molecular flexibility index (Phi) is 5.15. The molecular formula is C17H23N7O2. The van der Waals surface area contributed by atoms with Crippen LogP contribution in [0.5, 0.6) is 0 Å². The first-order valence-electron chi connectivity index (χ1n) is 8.50. The first kappa shape index (κ1) is 17.8. The second-order valence-electron chi connectivity index (χ2n) is 6.82. The lowest BCUT2D eigenvalue weighted by molar-refractivity contribution is 0.199. The fourth-order valence-corrected chi connectivity index (χ4v) is 2.85. The lowest BCUT2D eigenvalue weighted by Crippen LogP contribution is -2.40. The lowest BCUT2D eigenvalue weighted by atomic mass is 10.0. The zero-order valence-electron chi connectivity index (χ0n) is 15.4. The molecule has 0 saturated carbocycles. The van der Waals surface area contributed by atoms with Crippen LogP contribution >= 0.6 is 0 Å². The predicted octanol–water partition coefficient (Wildman–Crippen LogP) is 2.28. The maximum absolute atomic E-state index is 12.7. The highest BCUT2D eigenvalue weighted by molar-refractivity contribution is 5.75. The van der Waals surface area contributed by atoms with E-state index < -0.39 is 0 Å². The number of nitrogens with one attached hydrogen (secondary N) is 1. The van der Waals surface area contributed by atoms with Gasteiger partial charge in [-0.3, -0.25) is 4.68 Å². The molecule has 0 saturated heterocycles. The summed E-state index contributed by atoms with van der Waals surface area (Å²) in [5.74, 6) is 1.15. The number of fused-ring (bicyclic) bond motifs is 1. The Morgan fingerprint density at radius 1 is 1.31 bits per heavy atom. The van der Waals surface area contributed by atoms with E-state index in [9.17, 15) is 4.79 Å². The second kappa shape index (κ2) is 7.51. The molecule has 9 nitrogen and oxygen atoms in total. The van der Waals surface area contributed by atoms with Gasteiger partial charge in [0.25, 0.3) is 0 Å². The molecule has 1 unspecified atom stereocenters. The predicted molar refractivity (Wildman–Crippen MR) is 95.0 cm³/mol. The third-order valence-corrected chi connectivity index (χ3v) is 4.15. The van der Waals surface area contributed by atoms with E-state index in [1.54, 1.807) is 16.6 Å². The van der Waals surface area contributed by atoms with Crippen molar-refractivity contribution >= 4 is 17.1 Å². The van der Waals surface area contributed by atoms with Gasteiger partial charge in [0.05, 0.1) is 6.04 Å². The number of benzene rings is 1. The van der Waals surface area contributed by atoms with Gasteiger partial charge in [0.15, 0.2) is 0 Å². The molecule has 1 atom stereocenters. The summed E-state index contributed by atoms with van der Waals surface area (Å²) in [6.45, 7) is 4.67. The normalized spacial score (nSPS) is 12.5. The van der Waals surface area contributed by atoms with Gasteiger partial charge in [-0.25, -0.2) is 14.4 Å². The minimum atomic E-state index is -0.195. The molecule has 0 aliphatic heterocycles. The molecule has 1 aromatic carbocycles. The summed E-state index contributed by atoms with van der Waals surface area (Å²) in [5.41, 5.74) is 2.32. The summed E-state index contributed by atoms with van der Waals surface area (Å²) in [6.07, 6.45) is 2.28. The zero-order valence-corrected chi connectivity index (χ0v) is 15.4. The number of rotatable bonds is 6. The van der Waals surface area contributed by atoms with Gasteiger partial charge in [-0.1, -0.05) is 19.9 Å². The van der Waals surface area contributed by atoms with Crippen LogP contribution in [0.4, 0.5) is 4.79 Å². The van der Waals surface area contributed by atoms with Gasteiger partial charge in [-0.15, -0.1) is 0 Å². The second-order valence-corrected chi connectivity index (χ2v) is 6.82. The molecular weight excluding hydrogens is 334 g/mol. The number of carbonyl (C=O) groups is 1. The Morgan fingerprint density at radius 2 is 2.08 bits per heavy atom. The van der Waals surface area contributed by atoms with Crippen LogP contribution in [0.3, 0.4) is 0 Å². The van der Waals surface area contributed by atoms with Crippen LogP contribution in [0, 0.1) is 5.92 Å². The van der Waals surface area contributed by atoms with E-state index in [4.69, 9.17) is 4.63 Å². The fraction of sp³-hybridized carbons (Fsp3) is 0.471. The van der Waals surface area contributed by atoms with Crippen molar-refractivity contribution in [3.8, 4) is 0 Å².